The third-order valence-electron chi connectivity index (χ3n) is 5.87. The Morgan fingerprint density at radius 2 is 1.89 bits per heavy atom. The van der Waals surface area contributed by atoms with E-state index >= 15 is 0 Å². The normalized spacial score (nSPS) is 17.0. The van der Waals surface area contributed by atoms with Gasteiger partial charge in [-0.15, -0.1) is 0 Å². The fraction of sp³-hybridized carbons (Fsp3) is 0.250. The lowest BCUT2D eigenvalue weighted by Gasteiger charge is -2.27. The molecule has 8 heteroatoms. The molecule has 4 rings (SSSR count). The summed E-state index contributed by atoms with van der Waals surface area (Å²) in [5.74, 6) is -1.12. The van der Waals surface area contributed by atoms with E-state index in [9.17, 15) is 19.8 Å². The van der Waals surface area contributed by atoms with Crippen LogP contribution < -0.4 is 19.6 Å². The van der Waals surface area contributed by atoms with Gasteiger partial charge in [-0.3, -0.25) is 9.59 Å². The number of methoxy groups -OCH3 is 1. The molecular formula is C28H28N2O6. The molecule has 0 saturated carbocycles. The topological polar surface area (TPSA) is 113 Å². The number of phenols is 1. The van der Waals surface area contributed by atoms with E-state index in [0.29, 0.717) is 23.8 Å². The molecule has 0 spiro atoms. The summed E-state index contributed by atoms with van der Waals surface area (Å²) in [6.45, 7) is 4.71. The first-order valence-corrected chi connectivity index (χ1v) is 11.6. The van der Waals surface area contributed by atoms with Crippen LogP contribution in [-0.2, 0) is 16.1 Å². The molecule has 2 heterocycles. The molecule has 2 N–H and O–H groups in total. The fourth-order valence-electron chi connectivity index (χ4n) is 4.09. The van der Waals surface area contributed by atoms with Crippen molar-refractivity contribution in [2.45, 2.75) is 26.4 Å². The van der Waals surface area contributed by atoms with Gasteiger partial charge in [0, 0.05) is 17.2 Å². The smallest absolute Gasteiger partial charge is 0.295 e. The van der Waals surface area contributed by atoms with E-state index in [-0.39, 0.29) is 29.2 Å². The molecular weight excluding hydrogens is 460 g/mol. The maximum Gasteiger partial charge on any atom is 0.295 e. The first-order valence-electron chi connectivity index (χ1n) is 11.6. The van der Waals surface area contributed by atoms with Crippen LogP contribution in [0, 0.1) is 5.92 Å². The predicted molar refractivity (Wildman–Crippen MR) is 130 cm³/mol. The average molecular weight is 489 g/mol. The Hall–Kier alpha value is -4.33. The predicted octanol–water partition coefficient (Wildman–Crippen LogP) is 2.67. The Kier molecular flexibility index (Phi) is 7.24. The van der Waals surface area contributed by atoms with Crippen molar-refractivity contribution in [3.05, 3.63) is 89.3 Å². The van der Waals surface area contributed by atoms with Crippen LogP contribution in [0.15, 0.2) is 72.6 Å². The maximum atomic E-state index is 13.6. The van der Waals surface area contributed by atoms with Gasteiger partial charge >= 0.3 is 0 Å². The molecule has 1 aromatic heterocycles. The first-order chi connectivity index (χ1) is 17.3. The third-order valence-corrected chi connectivity index (χ3v) is 5.87. The Balaban J connectivity index is 1.79. The number of aromatic hydroxyl groups is 1. The number of pyridine rings is 1. The molecule has 1 amide bonds. The van der Waals surface area contributed by atoms with Crippen molar-refractivity contribution in [2.75, 3.05) is 13.7 Å². The van der Waals surface area contributed by atoms with Crippen LogP contribution in [0.1, 0.15) is 36.6 Å². The zero-order valence-corrected chi connectivity index (χ0v) is 20.4. The average Bonchev–Trinajstić information content (AvgIpc) is 3.13. The molecule has 186 valence electrons. The van der Waals surface area contributed by atoms with Crippen LogP contribution in [0.2, 0.25) is 0 Å². The van der Waals surface area contributed by atoms with Crippen molar-refractivity contribution < 1.29 is 34.3 Å². The number of ketones is 1. The summed E-state index contributed by atoms with van der Waals surface area (Å²) in [7, 11) is 1.40. The third kappa shape index (κ3) is 5.02. The molecule has 0 bridgehead atoms. The lowest BCUT2D eigenvalue weighted by atomic mass is 9.95. The standard InChI is InChI=1S/C28H28N2O6/c1-17(2)16-36-21-9-6-19(7-10-21)26(32)24-25(20-8-11-22(31)23(13-20)35-3)30(28(34)27(24)33)15-18-5-4-12-29-14-18/h4-14,17,25,31-32H,15-16H2,1-3H3/b26-24+. The number of phenolic OH excluding ortho intramolecular Hbond substituents is 1. The van der Waals surface area contributed by atoms with Crippen LogP contribution in [0.5, 0.6) is 17.2 Å². The van der Waals surface area contributed by atoms with Gasteiger partial charge in [0.15, 0.2) is 23.9 Å². The monoisotopic (exact) mass is 488 g/mol. The maximum absolute atomic E-state index is 13.6. The van der Waals surface area contributed by atoms with Crippen molar-refractivity contribution in [3.8, 4) is 17.2 Å². The first kappa shape index (κ1) is 24.8. The molecule has 1 aliphatic rings. The number of benzene rings is 2. The minimum atomic E-state index is -0.955. The van der Waals surface area contributed by atoms with E-state index < -0.39 is 23.5 Å². The van der Waals surface area contributed by atoms with Gasteiger partial charge in [0.05, 0.1) is 26.3 Å². The highest BCUT2D eigenvalue weighted by atomic mass is 16.5. The number of aromatic amines is 1. The number of nitrogens with zero attached hydrogens (tertiary/aromatic N) is 1. The largest absolute Gasteiger partial charge is 0.872 e. The van der Waals surface area contributed by atoms with Gasteiger partial charge in [0.1, 0.15) is 5.75 Å². The number of carbonyl (C=O) groups is 2. The van der Waals surface area contributed by atoms with E-state index in [4.69, 9.17) is 9.47 Å². The molecule has 1 saturated heterocycles. The lowest BCUT2D eigenvalue weighted by molar-refractivity contribution is -0.378. The molecule has 1 unspecified atom stereocenters. The van der Waals surface area contributed by atoms with Gasteiger partial charge < -0.3 is 24.6 Å². The molecule has 1 fully saturated rings. The summed E-state index contributed by atoms with van der Waals surface area (Å²) >= 11 is 0. The highest BCUT2D eigenvalue weighted by Crippen LogP contribution is 2.42. The quantitative estimate of drug-likeness (QED) is 0.296. The Labute approximate surface area is 209 Å². The van der Waals surface area contributed by atoms with Crippen molar-refractivity contribution in [1.82, 2.24) is 4.90 Å². The number of hydrogen-bond donors (Lipinski definition) is 1. The van der Waals surface area contributed by atoms with E-state index in [0.717, 1.165) is 5.56 Å². The number of rotatable bonds is 8. The molecule has 0 radical (unpaired) electrons. The number of hydrogen-bond acceptors (Lipinski definition) is 6. The van der Waals surface area contributed by atoms with E-state index in [1.54, 1.807) is 48.8 Å². The van der Waals surface area contributed by atoms with Gasteiger partial charge in [-0.2, -0.15) is 0 Å². The number of aromatic nitrogens is 1. The minimum Gasteiger partial charge on any atom is -0.872 e. The van der Waals surface area contributed by atoms with E-state index in [1.165, 1.54) is 24.1 Å². The van der Waals surface area contributed by atoms with Crippen LogP contribution >= 0.6 is 0 Å². The molecule has 1 aliphatic heterocycles. The van der Waals surface area contributed by atoms with Gasteiger partial charge in [0.25, 0.3) is 5.91 Å². The van der Waals surface area contributed by atoms with Crippen LogP contribution in [-0.4, -0.2) is 35.4 Å². The van der Waals surface area contributed by atoms with Gasteiger partial charge in [0.2, 0.25) is 5.78 Å². The number of amides is 1. The molecule has 36 heavy (non-hydrogen) atoms. The number of likely N-dealkylation sites (tertiary alicyclic amines) is 1. The van der Waals surface area contributed by atoms with Crippen LogP contribution in [0.4, 0.5) is 0 Å². The summed E-state index contributed by atoms with van der Waals surface area (Å²) in [6, 6.07) is 13.7. The van der Waals surface area contributed by atoms with Gasteiger partial charge in [-0.25, -0.2) is 4.98 Å². The fourth-order valence-corrected chi connectivity index (χ4v) is 4.09. The van der Waals surface area contributed by atoms with Crippen molar-refractivity contribution in [2.24, 2.45) is 5.92 Å². The lowest BCUT2D eigenvalue weighted by Crippen LogP contribution is -2.29. The Bertz CT molecular complexity index is 1290. The summed E-state index contributed by atoms with van der Waals surface area (Å²) in [4.78, 5) is 30.7. The summed E-state index contributed by atoms with van der Waals surface area (Å²) in [5, 5.41) is 23.7. The van der Waals surface area contributed by atoms with E-state index in [1.807, 2.05) is 19.9 Å². The zero-order valence-electron chi connectivity index (χ0n) is 20.4. The minimum absolute atomic E-state index is 0.0917. The van der Waals surface area contributed by atoms with Crippen molar-refractivity contribution in [3.63, 3.8) is 0 Å². The van der Waals surface area contributed by atoms with Gasteiger partial charge in [-0.1, -0.05) is 37.8 Å². The molecule has 2 aromatic carbocycles. The number of H-pyrrole nitrogens is 1. The second-order valence-corrected chi connectivity index (χ2v) is 8.98. The second kappa shape index (κ2) is 10.5. The molecule has 0 aliphatic carbocycles. The van der Waals surface area contributed by atoms with Crippen molar-refractivity contribution >= 4 is 17.4 Å². The van der Waals surface area contributed by atoms with Gasteiger partial charge in [-0.05, 0) is 47.4 Å². The number of Topliss-reactive ketones (excluding diaryl/α,β-unsaturated/α-hetero) is 1. The number of ether oxygens (including phenoxy) is 2. The van der Waals surface area contributed by atoms with Crippen LogP contribution in [0.25, 0.3) is 5.76 Å². The van der Waals surface area contributed by atoms with Crippen LogP contribution in [0.3, 0.4) is 0 Å². The molecule has 1 atom stereocenters. The number of nitrogens with one attached hydrogen (secondary N) is 1. The Morgan fingerprint density at radius 3 is 2.53 bits per heavy atom. The molecule has 8 nitrogen and oxygen atoms in total. The molecule has 3 aromatic rings. The summed E-state index contributed by atoms with van der Waals surface area (Å²) in [5.41, 5.74) is 1.36. The highest BCUT2D eigenvalue weighted by molar-refractivity contribution is 6.46. The summed E-state index contributed by atoms with van der Waals surface area (Å²) < 4.78 is 10.9. The highest BCUT2D eigenvalue weighted by Gasteiger charge is 2.44. The second-order valence-electron chi connectivity index (χ2n) is 8.98. The summed E-state index contributed by atoms with van der Waals surface area (Å²) in [6.07, 6.45) is 3.46. The SMILES string of the molecule is COc1cc(C2/C(=C(\[O-])c3ccc(OCC(C)C)cc3)C(=O)C(=O)N2Cc2ccc[nH+]c2)ccc1O. The number of carbonyl (C=O) groups excluding carboxylic acids is 2. The zero-order chi connectivity index (χ0) is 25.8. The van der Waals surface area contributed by atoms with Crippen molar-refractivity contribution in [1.29, 1.82) is 0 Å². The van der Waals surface area contributed by atoms with E-state index in [2.05, 4.69) is 4.98 Å². The Morgan fingerprint density at radius 1 is 1.14 bits per heavy atom.